The highest BCUT2D eigenvalue weighted by atomic mass is 31.2. The quantitative estimate of drug-likeness (QED) is 0.0877. The molecule has 4 rings (SSSR count). The van der Waals surface area contributed by atoms with E-state index in [1.165, 1.54) is 12.5 Å². The largest absolute Gasteiger partial charge is 0.481 e. The number of amides is 2. The molecule has 1 saturated carbocycles. The lowest BCUT2D eigenvalue weighted by Crippen LogP contribution is -2.57. The summed E-state index contributed by atoms with van der Waals surface area (Å²) in [4.78, 5) is 72.1. The van der Waals surface area contributed by atoms with E-state index in [0.717, 1.165) is 42.9 Å². The van der Waals surface area contributed by atoms with E-state index in [2.05, 4.69) is 20.6 Å². The van der Waals surface area contributed by atoms with Gasteiger partial charge in [0.2, 0.25) is 19.2 Å². The standard InChI is InChI=1S/C38H54N5O8P/c1-23(2)29(36(46)47)20-52(49,50)21-31(25-13-7-6-8-14-25)43-34(44)30(18-26-19-40-22-41-26)42-35(45)33(39)32(37(48)51-38(3,4)5)28-17-11-15-24-12-9-10-16-27(24)28/h9-12,15-17,19,22-23,25,29-33H,6-8,13-14,18,20-21,39H2,1-5H3,(H,40,41)(H,42,45)(H,43,44)(H,46,47)(H,49,50)/t29?,30-,31?,32?,33?/m0/s1. The zero-order valence-electron chi connectivity index (χ0n) is 30.7. The topological polar surface area (TPSA) is 214 Å². The second kappa shape index (κ2) is 17.6. The van der Waals surface area contributed by atoms with Crippen LogP contribution in [0, 0.1) is 17.8 Å². The van der Waals surface area contributed by atoms with Crippen molar-refractivity contribution in [3.63, 3.8) is 0 Å². The van der Waals surface area contributed by atoms with Crippen LogP contribution in [0.4, 0.5) is 0 Å². The van der Waals surface area contributed by atoms with E-state index in [-0.39, 0.29) is 24.4 Å². The average Bonchev–Trinajstić information content (AvgIpc) is 3.59. The summed E-state index contributed by atoms with van der Waals surface area (Å²) in [6.45, 7) is 8.56. The summed E-state index contributed by atoms with van der Waals surface area (Å²) < 4.78 is 19.4. The van der Waals surface area contributed by atoms with Gasteiger partial charge in [-0.25, -0.2) is 4.98 Å². The van der Waals surface area contributed by atoms with Crippen molar-refractivity contribution in [2.75, 3.05) is 12.3 Å². The zero-order valence-corrected chi connectivity index (χ0v) is 31.6. The number of carboxylic acid groups (broad SMARTS) is 1. The Morgan fingerprint density at radius 3 is 2.29 bits per heavy atom. The van der Waals surface area contributed by atoms with Gasteiger partial charge < -0.3 is 36.1 Å². The van der Waals surface area contributed by atoms with Crippen LogP contribution in [0.15, 0.2) is 55.0 Å². The van der Waals surface area contributed by atoms with E-state index >= 15 is 0 Å². The monoisotopic (exact) mass is 739 g/mol. The van der Waals surface area contributed by atoms with Gasteiger partial charge in [0.15, 0.2) is 0 Å². The van der Waals surface area contributed by atoms with Crippen molar-refractivity contribution in [3.05, 3.63) is 66.2 Å². The number of rotatable bonds is 16. The number of hydrogen-bond acceptors (Lipinski definition) is 8. The van der Waals surface area contributed by atoms with Crippen molar-refractivity contribution in [1.29, 1.82) is 0 Å². The molecule has 0 bridgehead atoms. The number of H-pyrrole nitrogens is 1. The number of carbonyl (C=O) groups excluding carboxylic acids is 3. The number of ether oxygens (including phenoxy) is 1. The third-order valence-electron chi connectivity index (χ3n) is 9.73. The molecule has 1 aliphatic carbocycles. The van der Waals surface area contributed by atoms with Crippen molar-refractivity contribution in [2.45, 2.75) is 103 Å². The maximum Gasteiger partial charge on any atom is 0.316 e. The predicted octanol–water partition coefficient (Wildman–Crippen LogP) is 4.74. The number of aromatic amines is 1. The molecule has 2 aromatic carbocycles. The fourth-order valence-corrected chi connectivity index (χ4v) is 9.34. The smallest absolute Gasteiger partial charge is 0.316 e. The van der Waals surface area contributed by atoms with E-state index in [1.54, 1.807) is 46.8 Å². The molecule has 7 N–H and O–H groups in total. The maximum atomic E-state index is 14.2. The number of nitrogens with zero attached hydrogens (tertiary/aromatic N) is 1. The molecule has 0 aliphatic heterocycles. The molecule has 0 radical (unpaired) electrons. The minimum atomic E-state index is -4.03. The molecule has 5 unspecified atom stereocenters. The van der Waals surface area contributed by atoms with E-state index < -0.39 is 72.8 Å². The Morgan fingerprint density at radius 1 is 1.00 bits per heavy atom. The van der Waals surface area contributed by atoms with Crippen LogP contribution in [0.25, 0.3) is 10.8 Å². The number of benzene rings is 2. The van der Waals surface area contributed by atoms with E-state index in [9.17, 15) is 33.7 Å². The first kappa shape index (κ1) is 40.7. The summed E-state index contributed by atoms with van der Waals surface area (Å²) in [7, 11) is -4.03. The predicted molar refractivity (Wildman–Crippen MR) is 199 cm³/mol. The van der Waals surface area contributed by atoms with Gasteiger partial charge in [0.25, 0.3) is 0 Å². The highest BCUT2D eigenvalue weighted by Crippen LogP contribution is 2.46. The summed E-state index contributed by atoms with van der Waals surface area (Å²) in [5.74, 6) is -5.94. The lowest BCUT2D eigenvalue weighted by atomic mass is 9.84. The maximum absolute atomic E-state index is 14.2. The van der Waals surface area contributed by atoms with Gasteiger partial charge >= 0.3 is 11.9 Å². The molecule has 284 valence electrons. The Morgan fingerprint density at radius 2 is 1.67 bits per heavy atom. The third-order valence-corrected chi connectivity index (χ3v) is 11.7. The van der Waals surface area contributed by atoms with E-state index in [0.29, 0.717) is 11.3 Å². The van der Waals surface area contributed by atoms with Crippen LogP contribution in [0.1, 0.15) is 83.9 Å². The summed E-state index contributed by atoms with van der Waals surface area (Å²) >= 11 is 0. The molecule has 14 heteroatoms. The average molecular weight is 740 g/mol. The van der Waals surface area contributed by atoms with Gasteiger partial charge in [0, 0.05) is 36.7 Å². The minimum Gasteiger partial charge on any atom is -0.481 e. The summed E-state index contributed by atoms with van der Waals surface area (Å²) in [5.41, 5.74) is 6.80. The SMILES string of the molecule is CC(C)C(CP(=O)(O)CC(NC(=O)[C@H](Cc1cnc[nH]1)NC(=O)C(N)C(C(=O)OC(C)(C)C)c1cccc2ccccc12)C1CCCCC1)C(=O)O. The van der Waals surface area contributed by atoms with Gasteiger partial charge in [0.05, 0.1) is 12.2 Å². The first-order chi connectivity index (χ1) is 24.5. The van der Waals surface area contributed by atoms with Crippen molar-refractivity contribution in [1.82, 2.24) is 20.6 Å². The molecule has 0 saturated heterocycles. The van der Waals surface area contributed by atoms with Crippen LogP contribution >= 0.6 is 7.37 Å². The first-order valence-electron chi connectivity index (χ1n) is 18.0. The number of aromatic nitrogens is 2. The van der Waals surface area contributed by atoms with Crippen molar-refractivity contribution < 1.29 is 38.5 Å². The van der Waals surface area contributed by atoms with Crippen molar-refractivity contribution >= 4 is 41.9 Å². The number of aliphatic carboxylic acids is 1. The Labute approximate surface area is 305 Å². The number of imidazole rings is 1. The van der Waals surface area contributed by atoms with Gasteiger partial charge in [-0.05, 0) is 61.8 Å². The second-order valence-corrected chi connectivity index (χ2v) is 17.8. The summed E-state index contributed by atoms with van der Waals surface area (Å²) in [6, 6.07) is 9.40. The van der Waals surface area contributed by atoms with Crippen LogP contribution in [0.2, 0.25) is 0 Å². The molecule has 2 amide bonds. The Balaban J connectivity index is 1.64. The molecule has 1 aliphatic rings. The fourth-order valence-electron chi connectivity index (χ4n) is 6.99. The molecule has 52 heavy (non-hydrogen) atoms. The van der Waals surface area contributed by atoms with Crippen molar-refractivity contribution in [2.24, 2.45) is 23.5 Å². The molecule has 1 aromatic heterocycles. The number of hydrogen-bond donors (Lipinski definition) is 6. The van der Waals surface area contributed by atoms with Crippen LogP contribution in [0.5, 0.6) is 0 Å². The van der Waals surface area contributed by atoms with E-state index in [1.807, 2.05) is 30.3 Å². The number of nitrogens with two attached hydrogens (primary N) is 1. The van der Waals surface area contributed by atoms with Crippen LogP contribution in [-0.2, 0) is 34.9 Å². The minimum absolute atomic E-state index is 0.0156. The molecule has 1 heterocycles. The number of carbonyl (C=O) groups is 4. The molecular weight excluding hydrogens is 685 g/mol. The van der Waals surface area contributed by atoms with Gasteiger partial charge in [0.1, 0.15) is 23.6 Å². The second-order valence-electron chi connectivity index (χ2n) is 15.4. The van der Waals surface area contributed by atoms with Gasteiger partial charge in [-0.1, -0.05) is 75.6 Å². The van der Waals surface area contributed by atoms with Gasteiger partial charge in [-0.3, -0.25) is 23.7 Å². The first-order valence-corrected chi connectivity index (χ1v) is 20.1. The highest BCUT2D eigenvalue weighted by Gasteiger charge is 2.40. The molecule has 13 nitrogen and oxygen atoms in total. The molecule has 3 aromatic rings. The number of fused-ring (bicyclic) bond motifs is 1. The van der Waals surface area contributed by atoms with E-state index in [4.69, 9.17) is 10.5 Å². The van der Waals surface area contributed by atoms with Gasteiger partial charge in [-0.2, -0.15) is 0 Å². The van der Waals surface area contributed by atoms with Crippen LogP contribution in [0.3, 0.4) is 0 Å². The molecule has 0 spiro atoms. The molecular formula is C38H54N5O8P. The Hall–Kier alpha value is -4.06. The number of carboxylic acids is 1. The lowest BCUT2D eigenvalue weighted by Gasteiger charge is -2.34. The Kier molecular flexibility index (Phi) is 13.8. The van der Waals surface area contributed by atoms with Crippen LogP contribution in [-0.4, -0.2) is 79.8 Å². The number of nitrogens with one attached hydrogen (secondary N) is 3. The summed E-state index contributed by atoms with van der Waals surface area (Å²) in [5, 5.41) is 17.0. The van der Waals surface area contributed by atoms with Crippen LogP contribution < -0.4 is 16.4 Å². The summed E-state index contributed by atoms with van der Waals surface area (Å²) in [6.07, 6.45) is 6.47. The Bertz CT molecular complexity index is 1730. The van der Waals surface area contributed by atoms with Gasteiger partial charge in [-0.15, -0.1) is 0 Å². The molecule has 1 fully saturated rings. The van der Waals surface area contributed by atoms with Crippen molar-refractivity contribution in [3.8, 4) is 0 Å². The zero-order chi connectivity index (χ0) is 38.2. The fraction of sp³-hybridized carbons (Fsp3) is 0.553. The normalized spacial score (nSPS) is 18.1. The molecule has 6 atom stereocenters. The highest BCUT2D eigenvalue weighted by molar-refractivity contribution is 7.58. The lowest BCUT2D eigenvalue weighted by molar-refractivity contribution is -0.158. The third kappa shape index (κ3) is 11.2. The number of esters is 1.